The van der Waals surface area contributed by atoms with Crippen molar-refractivity contribution in [2.45, 2.75) is 5.16 Å². The molecule has 70 valence electrons. The number of hydrogen-bond donors (Lipinski definition) is 2. The van der Waals surface area contributed by atoms with Gasteiger partial charge in [0, 0.05) is 6.08 Å². The van der Waals surface area contributed by atoms with Gasteiger partial charge in [-0.2, -0.15) is 4.98 Å². The molecule has 6 nitrogen and oxygen atoms in total. The number of hydrogen-bond acceptors (Lipinski definition) is 6. The van der Waals surface area contributed by atoms with Crippen LogP contribution in [0.2, 0.25) is 0 Å². The molecule has 3 N–H and O–H groups in total. The minimum Gasteiger partial charge on any atom is -0.466 e. The number of anilines is 1. The summed E-state index contributed by atoms with van der Waals surface area (Å²) in [5, 5.41) is 8.18. The maximum absolute atomic E-state index is 10.6. The lowest BCUT2D eigenvalue weighted by molar-refractivity contribution is -0.134. The van der Waals surface area contributed by atoms with E-state index >= 15 is 0 Å². The highest BCUT2D eigenvalue weighted by Gasteiger charge is 1.97. The first kappa shape index (κ1) is 9.59. The Balaban J connectivity index is 2.43. The number of methoxy groups -OCH3 is 1. The van der Waals surface area contributed by atoms with E-state index < -0.39 is 5.97 Å². The summed E-state index contributed by atoms with van der Waals surface area (Å²) in [7, 11) is 1.31. The fourth-order valence-electron chi connectivity index (χ4n) is 0.529. The Hall–Kier alpha value is -1.50. The summed E-state index contributed by atoms with van der Waals surface area (Å²) in [6.07, 6.45) is 1.28. The molecular formula is C6H8N4O2S. The Morgan fingerprint density at radius 1 is 1.77 bits per heavy atom. The molecule has 0 radical (unpaired) electrons. The zero-order valence-corrected chi connectivity index (χ0v) is 7.67. The van der Waals surface area contributed by atoms with Gasteiger partial charge < -0.3 is 10.5 Å². The molecule has 1 rings (SSSR count). The van der Waals surface area contributed by atoms with E-state index in [1.54, 1.807) is 0 Å². The van der Waals surface area contributed by atoms with Gasteiger partial charge in [0.15, 0.2) is 0 Å². The molecule has 1 aromatic rings. The van der Waals surface area contributed by atoms with Gasteiger partial charge in [0.05, 0.1) is 7.11 Å². The normalized spacial score (nSPS) is 10.5. The summed E-state index contributed by atoms with van der Waals surface area (Å²) < 4.78 is 4.38. The number of nitrogens with zero attached hydrogens (tertiary/aromatic N) is 2. The van der Waals surface area contributed by atoms with Gasteiger partial charge in [-0.05, 0) is 5.41 Å². The van der Waals surface area contributed by atoms with E-state index in [2.05, 4.69) is 19.9 Å². The van der Waals surface area contributed by atoms with Crippen molar-refractivity contribution < 1.29 is 9.53 Å². The van der Waals surface area contributed by atoms with Gasteiger partial charge in [-0.25, -0.2) is 9.89 Å². The van der Waals surface area contributed by atoms with Gasteiger partial charge in [0.2, 0.25) is 11.1 Å². The Bertz CT molecular complexity index is 322. The zero-order chi connectivity index (χ0) is 9.68. The quantitative estimate of drug-likeness (QED) is 0.410. The number of carbonyl (C=O) groups excluding carboxylic acids is 1. The number of thioether (sulfide) groups is 1. The Kier molecular flexibility index (Phi) is 3.32. The third-order valence-corrected chi connectivity index (χ3v) is 1.73. The van der Waals surface area contributed by atoms with E-state index in [1.807, 2.05) is 0 Å². The lowest BCUT2D eigenvalue weighted by Gasteiger charge is -1.87. The minimum atomic E-state index is -0.420. The predicted octanol–water partition coefficient (Wildman–Crippen LogP) is 0.166. The first-order chi connectivity index (χ1) is 6.22. The van der Waals surface area contributed by atoms with E-state index in [0.29, 0.717) is 5.16 Å². The van der Waals surface area contributed by atoms with Crippen molar-refractivity contribution in [3.63, 3.8) is 0 Å². The number of esters is 1. The molecule has 0 aliphatic carbocycles. The first-order valence-corrected chi connectivity index (χ1v) is 4.19. The van der Waals surface area contributed by atoms with Crippen LogP contribution in [0, 0.1) is 0 Å². The molecular weight excluding hydrogens is 192 g/mol. The molecule has 0 bridgehead atoms. The lowest BCUT2D eigenvalue weighted by atomic mass is 10.7. The van der Waals surface area contributed by atoms with Crippen LogP contribution in [0.3, 0.4) is 0 Å². The van der Waals surface area contributed by atoms with Crippen LogP contribution in [-0.2, 0) is 9.53 Å². The number of nitrogen functional groups attached to an aromatic ring is 1. The number of ether oxygens (including phenoxy) is 1. The molecule has 0 aliphatic rings. The summed E-state index contributed by atoms with van der Waals surface area (Å²) in [5.74, 6) is -0.176. The third-order valence-electron chi connectivity index (χ3n) is 1.06. The van der Waals surface area contributed by atoms with Crippen molar-refractivity contribution in [3.8, 4) is 0 Å². The number of aromatic nitrogens is 3. The largest absolute Gasteiger partial charge is 0.466 e. The third kappa shape index (κ3) is 3.16. The van der Waals surface area contributed by atoms with Crippen LogP contribution < -0.4 is 5.73 Å². The van der Waals surface area contributed by atoms with E-state index in [1.165, 1.54) is 30.4 Å². The number of H-pyrrole nitrogens is 1. The molecule has 0 aliphatic heterocycles. The zero-order valence-electron chi connectivity index (χ0n) is 6.85. The van der Waals surface area contributed by atoms with Crippen molar-refractivity contribution in [3.05, 3.63) is 11.5 Å². The molecule has 0 aromatic carbocycles. The molecule has 1 heterocycles. The predicted molar refractivity (Wildman–Crippen MR) is 47.8 cm³/mol. The van der Waals surface area contributed by atoms with Crippen LogP contribution in [0.25, 0.3) is 0 Å². The maximum atomic E-state index is 10.6. The van der Waals surface area contributed by atoms with E-state index in [9.17, 15) is 4.79 Å². The van der Waals surface area contributed by atoms with Gasteiger partial charge in [0.1, 0.15) is 0 Å². The molecule has 0 unspecified atom stereocenters. The smallest absolute Gasteiger partial charge is 0.330 e. The second kappa shape index (κ2) is 4.51. The Morgan fingerprint density at radius 2 is 2.54 bits per heavy atom. The lowest BCUT2D eigenvalue weighted by Crippen LogP contribution is -1.92. The highest BCUT2D eigenvalue weighted by Crippen LogP contribution is 2.13. The first-order valence-electron chi connectivity index (χ1n) is 3.31. The Morgan fingerprint density at radius 3 is 3.08 bits per heavy atom. The number of nitrogens with one attached hydrogen (secondary N) is 1. The number of aromatic amines is 1. The van der Waals surface area contributed by atoms with Crippen LogP contribution in [0.5, 0.6) is 0 Å². The van der Waals surface area contributed by atoms with Crippen LogP contribution in [-0.4, -0.2) is 28.3 Å². The van der Waals surface area contributed by atoms with Crippen molar-refractivity contribution in [2.75, 3.05) is 12.8 Å². The average molecular weight is 200 g/mol. The topological polar surface area (TPSA) is 93.9 Å². The van der Waals surface area contributed by atoms with Gasteiger partial charge >= 0.3 is 5.97 Å². The Labute approximate surface area is 78.6 Å². The summed E-state index contributed by atoms with van der Waals surface area (Å²) >= 11 is 1.17. The molecule has 7 heteroatoms. The number of carbonyl (C=O) groups is 1. The van der Waals surface area contributed by atoms with E-state index in [4.69, 9.17) is 5.73 Å². The van der Waals surface area contributed by atoms with Crippen molar-refractivity contribution >= 4 is 23.7 Å². The van der Waals surface area contributed by atoms with Gasteiger partial charge in [0.25, 0.3) is 0 Å². The molecule has 0 atom stereocenters. The summed E-state index contributed by atoms with van der Waals surface area (Å²) in [5.41, 5.74) is 5.28. The van der Waals surface area contributed by atoms with Crippen molar-refractivity contribution in [1.29, 1.82) is 0 Å². The monoisotopic (exact) mass is 200 g/mol. The second-order valence-corrected chi connectivity index (χ2v) is 2.82. The van der Waals surface area contributed by atoms with Gasteiger partial charge in [-0.3, -0.25) is 0 Å². The average Bonchev–Trinajstić information content (AvgIpc) is 2.51. The minimum absolute atomic E-state index is 0.244. The van der Waals surface area contributed by atoms with Crippen LogP contribution in [0.4, 0.5) is 5.95 Å². The maximum Gasteiger partial charge on any atom is 0.330 e. The van der Waals surface area contributed by atoms with E-state index in [0.717, 1.165) is 0 Å². The fourth-order valence-corrected chi connectivity index (χ4v) is 1.08. The summed E-state index contributed by atoms with van der Waals surface area (Å²) in [6.45, 7) is 0. The standard InChI is InChI=1S/C6H8N4O2S/c1-12-4(11)2-3-13-6-8-5(7)9-10-6/h2-3H,1H3,(H3,7,8,9,10). The summed E-state index contributed by atoms with van der Waals surface area (Å²) in [4.78, 5) is 14.4. The van der Waals surface area contributed by atoms with Crippen LogP contribution in [0.1, 0.15) is 0 Å². The van der Waals surface area contributed by atoms with Crippen molar-refractivity contribution in [1.82, 2.24) is 15.2 Å². The SMILES string of the molecule is COC(=O)C=CSc1n[nH]c(N)n1. The second-order valence-electron chi connectivity index (χ2n) is 1.95. The molecule has 0 saturated heterocycles. The highest BCUT2D eigenvalue weighted by molar-refractivity contribution is 8.02. The number of rotatable bonds is 3. The van der Waals surface area contributed by atoms with Gasteiger partial charge in [-0.15, -0.1) is 5.10 Å². The molecule has 0 saturated carbocycles. The summed E-state index contributed by atoms with van der Waals surface area (Å²) in [6, 6.07) is 0. The van der Waals surface area contributed by atoms with Gasteiger partial charge in [-0.1, -0.05) is 11.8 Å². The molecule has 0 fully saturated rings. The highest BCUT2D eigenvalue weighted by atomic mass is 32.2. The molecule has 13 heavy (non-hydrogen) atoms. The van der Waals surface area contributed by atoms with Crippen LogP contribution in [0.15, 0.2) is 16.6 Å². The number of nitrogens with two attached hydrogens (primary N) is 1. The molecule has 0 amide bonds. The fraction of sp³-hybridized carbons (Fsp3) is 0.167. The van der Waals surface area contributed by atoms with E-state index in [-0.39, 0.29) is 5.95 Å². The van der Waals surface area contributed by atoms with Crippen molar-refractivity contribution in [2.24, 2.45) is 0 Å². The molecule has 0 spiro atoms. The van der Waals surface area contributed by atoms with Crippen LogP contribution >= 0.6 is 11.8 Å². The molecule has 1 aromatic heterocycles.